The maximum Gasteiger partial charge on any atom is 0.460 e. The first kappa shape index (κ1) is 16.0. The minimum atomic E-state index is -6.52. The average molecular weight is 316 g/mol. The van der Waals surface area contributed by atoms with E-state index in [1.54, 1.807) is 0 Å². The van der Waals surface area contributed by atoms with Crippen molar-refractivity contribution >= 4 is 5.91 Å². The van der Waals surface area contributed by atoms with E-state index in [1.807, 2.05) is 0 Å². The zero-order valence-electron chi connectivity index (χ0n) is 5.96. The Balaban J connectivity index is 0. The van der Waals surface area contributed by atoms with Gasteiger partial charge in [-0.3, -0.25) is 4.79 Å². The summed E-state index contributed by atoms with van der Waals surface area (Å²) < 4.78 is 81.1. The van der Waals surface area contributed by atoms with Gasteiger partial charge in [0.25, 0.3) is 5.91 Å². The zero-order valence-corrected chi connectivity index (χ0v) is 7.60. The summed E-state index contributed by atoms with van der Waals surface area (Å²) in [7, 11) is 0. The second-order valence-electron chi connectivity index (χ2n) is 2.01. The third-order valence-corrected chi connectivity index (χ3v) is 1.06. The van der Waals surface area contributed by atoms with Crippen LogP contribution in [0.5, 0.6) is 0 Å². The molecule has 0 rings (SSSR count). The van der Waals surface area contributed by atoms with Gasteiger partial charge in [-0.15, -0.1) is 0 Å². The van der Waals surface area contributed by atoms with Gasteiger partial charge in [-0.05, 0) is 0 Å². The molecule has 0 heterocycles. The Bertz CT molecular complexity index is 224. The molecule has 0 bridgehead atoms. The van der Waals surface area contributed by atoms with Crippen molar-refractivity contribution in [1.82, 2.24) is 0 Å². The number of alkyl halides is 7. The fourth-order valence-corrected chi connectivity index (χ4v) is 0.333. The number of carbonyl (C=O) groups excluding carboxylic acids is 1. The molecular weight excluding hydrogens is 314 g/mol. The van der Waals surface area contributed by atoms with Crippen LogP contribution in [0.4, 0.5) is 30.7 Å². The van der Waals surface area contributed by atoms with Crippen LogP contribution < -0.4 is 5.73 Å². The minimum absolute atomic E-state index is 0. The summed E-state index contributed by atoms with van der Waals surface area (Å²) in [5.41, 5.74) is 3.68. The summed E-state index contributed by atoms with van der Waals surface area (Å²) in [6.45, 7) is 0. The van der Waals surface area contributed by atoms with Gasteiger partial charge in [-0.25, -0.2) is 0 Å². The van der Waals surface area contributed by atoms with Gasteiger partial charge < -0.3 is 5.73 Å². The third-order valence-electron chi connectivity index (χ3n) is 1.06. The van der Waals surface area contributed by atoms with Crippen molar-refractivity contribution < 1.29 is 55.0 Å². The molecule has 0 saturated carbocycles. The van der Waals surface area contributed by atoms with Crippen LogP contribution >= 0.6 is 0 Å². The average Bonchev–Trinajstić information content (AvgIpc) is 1.84. The number of halogens is 7. The van der Waals surface area contributed by atoms with Gasteiger partial charge in [-0.2, -0.15) is 30.7 Å². The van der Waals surface area contributed by atoms with Crippen molar-refractivity contribution in [2.45, 2.75) is 18.0 Å². The predicted octanol–water partition coefficient (Wildman–Crippen LogP) is 1.30. The SMILES string of the molecule is NC(=O)C(F)(F)C(F)(F)C(F)(F)F.[Rh]. The number of rotatable bonds is 2. The molecule has 1 amide bonds. The molecule has 0 fully saturated rings. The molecule has 0 aromatic carbocycles. The predicted molar refractivity (Wildman–Crippen MR) is 25.1 cm³/mol. The Morgan fingerprint density at radius 1 is 0.929 bits per heavy atom. The third kappa shape index (κ3) is 2.34. The number of primary amides is 1. The molecule has 0 aromatic rings. The van der Waals surface area contributed by atoms with Crippen LogP contribution in [0.25, 0.3) is 0 Å². The van der Waals surface area contributed by atoms with Crippen molar-refractivity contribution in [2.75, 3.05) is 0 Å². The molecule has 0 aromatic heterocycles. The molecule has 2 N–H and O–H groups in total. The van der Waals surface area contributed by atoms with Crippen molar-refractivity contribution in [2.24, 2.45) is 5.73 Å². The maximum absolute atomic E-state index is 11.9. The first-order chi connectivity index (χ1) is 5.44. The van der Waals surface area contributed by atoms with E-state index in [2.05, 4.69) is 5.73 Å². The van der Waals surface area contributed by atoms with Gasteiger partial charge in [0.1, 0.15) is 0 Å². The second kappa shape index (κ2) is 4.00. The molecule has 10 heteroatoms. The van der Waals surface area contributed by atoms with Crippen LogP contribution in [-0.4, -0.2) is 23.9 Å². The standard InChI is InChI=1S/C4H2F7NO.Rh/c5-2(6,1(12)13)3(7,8)4(9,10)11;/h(H2,12,13);. The Morgan fingerprint density at radius 3 is 1.29 bits per heavy atom. The molecule has 0 aliphatic heterocycles. The summed E-state index contributed by atoms with van der Waals surface area (Å²) in [5, 5.41) is 0. The maximum atomic E-state index is 11.9. The fourth-order valence-electron chi connectivity index (χ4n) is 0.333. The van der Waals surface area contributed by atoms with Crippen LogP contribution in [0.15, 0.2) is 0 Å². The monoisotopic (exact) mass is 316 g/mol. The largest absolute Gasteiger partial charge is 0.460 e. The Kier molecular flexibility index (Phi) is 4.58. The van der Waals surface area contributed by atoms with Gasteiger partial charge in [0.15, 0.2) is 0 Å². The molecule has 14 heavy (non-hydrogen) atoms. The van der Waals surface area contributed by atoms with E-state index in [1.165, 1.54) is 0 Å². The number of amides is 1. The summed E-state index contributed by atoms with van der Waals surface area (Å²) in [6, 6.07) is 0. The Labute approximate surface area is 85.4 Å². The van der Waals surface area contributed by atoms with Crippen molar-refractivity contribution in [1.29, 1.82) is 0 Å². The van der Waals surface area contributed by atoms with E-state index in [9.17, 15) is 35.5 Å². The van der Waals surface area contributed by atoms with Crippen LogP contribution in [0.2, 0.25) is 0 Å². The van der Waals surface area contributed by atoms with E-state index in [0.29, 0.717) is 0 Å². The van der Waals surface area contributed by atoms with Crippen LogP contribution in [0.3, 0.4) is 0 Å². The fraction of sp³-hybridized carbons (Fsp3) is 0.750. The Hall–Kier alpha value is -0.397. The summed E-state index contributed by atoms with van der Waals surface area (Å²) in [4.78, 5) is 9.61. The topological polar surface area (TPSA) is 43.1 Å². The molecule has 0 spiro atoms. The van der Waals surface area contributed by atoms with Gasteiger partial charge >= 0.3 is 18.0 Å². The first-order valence-corrected chi connectivity index (χ1v) is 2.57. The Morgan fingerprint density at radius 2 is 1.21 bits per heavy atom. The normalized spacial score (nSPS) is 13.4. The molecule has 0 aliphatic carbocycles. The number of hydrogen-bond donors (Lipinski definition) is 1. The van der Waals surface area contributed by atoms with E-state index in [4.69, 9.17) is 0 Å². The van der Waals surface area contributed by atoms with Gasteiger partial charge in [0.2, 0.25) is 0 Å². The van der Waals surface area contributed by atoms with Crippen molar-refractivity contribution in [3.63, 3.8) is 0 Å². The minimum Gasteiger partial charge on any atom is -0.364 e. The molecule has 2 nitrogen and oxygen atoms in total. The second-order valence-corrected chi connectivity index (χ2v) is 2.01. The molecule has 0 saturated heterocycles. The number of nitrogens with two attached hydrogens (primary N) is 1. The van der Waals surface area contributed by atoms with E-state index >= 15 is 0 Å². The molecule has 0 unspecified atom stereocenters. The summed E-state index contributed by atoms with van der Waals surface area (Å²) in [5.74, 6) is -15.4. The van der Waals surface area contributed by atoms with Gasteiger partial charge in [0, 0.05) is 19.5 Å². The summed E-state index contributed by atoms with van der Waals surface area (Å²) in [6.07, 6.45) is -6.52. The van der Waals surface area contributed by atoms with Crippen LogP contribution in [0.1, 0.15) is 0 Å². The van der Waals surface area contributed by atoms with Gasteiger partial charge in [0.05, 0.1) is 0 Å². The van der Waals surface area contributed by atoms with E-state index in [-0.39, 0.29) is 19.5 Å². The zero-order chi connectivity index (χ0) is 11.1. The van der Waals surface area contributed by atoms with Crippen molar-refractivity contribution in [3.8, 4) is 0 Å². The smallest absolute Gasteiger partial charge is 0.364 e. The van der Waals surface area contributed by atoms with Crippen LogP contribution in [-0.2, 0) is 24.3 Å². The van der Waals surface area contributed by atoms with E-state index in [0.717, 1.165) is 0 Å². The summed E-state index contributed by atoms with van der Waals surface area (Å²) >= 11 is 0. The van der Waals surface area contributed by atoms with Crippen LogP contribution in [0, 0.1) is 0 Å². The number of hydrogen-bond acceptors (Lipinski definition) is 1. The molecule has 0 atom stereocenters. The van der Waals surface area contributed by atoms with E-state index < -0.39 is 23.9 Å². The number of carbonyl (C=O) groups is 1. The van der Waals surface area contributed by atoms with Gasteiger partial charge in [-0.1, -0.05) is 0 Å². The molecule has 87 valence electrons. The first-order valence-electron chi connectivity index (χ1n) is 2.57. The quantitative estimate of drug-likeness (QED) is 0.606. The molecule has 0 aliphatic rings. The van der Waals surface area contributed by atoms with Crippen molar-refractivity contribution in [3.05, 3.63) is 0 Å². The molecular formula is C4H2F7NORh. The molecule has 1 radical (unpaired) electrons.